The van der Waals surface area contributed by atoms with E-state index in [0.29, 0.717) is 12.1 Å². The Bertz CT molecular complexity index is 755. The fourth-order valence-electron chi connectivity index (χ4n) is 2.38. The van der Waals surface area contributed by atoms with Crippen molar-refractivity contribution in [3.8, 4) is 5.75 Å². The third-order valence-corrected chi connectivity index (χ3v) is 3.95. The van der Waals surface area contributed by atoms with Gasteiger partial charge in [0.15, 0.2) is 6.61 Å². The zero-order chi connectivity index (χ0) is 18.2. The average molecular weight is 341 g/mol. The van der Waals surface area contributed by atoms with Crippen LogP contribution in [-0.2, 0) is 20.7 Å². The van der Waals surface area contributed by atoms with Crippen molar-refractivity contribution in [2.75, 3.05) is 19.0 Å². The Labute approximate surface area is 148 Å². The summed E-state index contributed by atoms with van der Waals surface area (Å²) in [6.07, 6.45) is 0.693. The molecule has 0 aromatic heterocycles. The molecule has 2 aromatic rings. The highest BCUT2D eigenvalue weighted by molar-refractivity contribution is 5.92. The minimum absolute atomic E-state index is 0.192. The van der Waals surface area contributed by atoms with E-state index in [0.717, 1.165) is 22.4 Å². The molecule has 0 bridgehead atoms. The second kappa shape index (κ2) is 8.87. The molecule has 0 spiro atoms. The second-order valence-electron chi connectivity index (χ2n) is 5.82. The van der Waals surface area contributed by atoms with Gasteiger partial charge in [-0.25, -0.2) is 0 Å². The van der Waals surface area contributed by atoms with Crippen LogP contribution in [0.25, 0.3) is 0 Å². The normalized spacial score (nSPS) is 10.2. The molecule has 5 heteroatoms. The minimum atomic E-state index is -0.416. The molecule has 0 radical (unpaired) electrons. The lowest BCUT2D eigenvalue weighted by molar-refractivity contribution is -0.147. The van der Waals surface area contributed by atoms with Crippen molar-refractivity contribution in [2.45, 2.75) is 26.7 Å². The van der Waals surface area contributed by atoms with E-state index in [1.807, 2.05) is 56.3 Å². The van der Waals surface area contributed by atoms with Gasteiger partial charge in [-0.15, -0.1) is 0 Å². The van der Waals surface area contributed by atoms with E-state index in [-0.39, 0.29) is 18.9 Å². The number of hydrogen-bond acceptors (Lipinski definition) is 4. The molecule has 0 heterocycles. The standard InChI is InChI=1S/C20H23NO4/c1-14-8-10-17(12-15(14)2)21-19(22)13-25-20(23)11-9-16-6-4-5-7-18(16)24-3/h4-8,10,12H,9,11,13H2,1-3H3,(H,21,22). The van der Waals surface area contributed by atoms with Crippen molar-refractivity contribution >= 4 is 17.6 Å². The van der Waals surface area contributed by atoms with E-state index in [4.69, 9.17) is 9.47 Å². The van der Waals surface area contributed by atoms with Crippen LogP contribution in [0, 0.1) is 13.8 Å². The van der Waals surface area contributed by atoms with Crippen LogP contribution >= 0.6 is 0 Å². The number of benzene rings is 2. The van der Waals surface area contributed by atoms with Gasteiger partial charge in [-0.1, -0.05) is 24.3 Å². The first kappa shape index (κ1) is 18.5. The van der Waals surface area contributed by atoms with Gasteiger partial charge in [0.2, 0.25) is 0 Å². The van der Waals surface area contributed by atoms with Crippen molar-refractivity contribution in [3.63, 3.8) is 0 Å². The summed E-state index contributed by atoms with van der Waals surface area (Å²) in [6, 6.07) is 13.2. The van der Waals surface area contributed by atoms with E-state index < -0.39 is 5.97 Å². The van der Waals surface area contributed by atoms with E-state index in [1.165, 1.54) is 0 Å². The van der Waals surface area contributed by atoms with Crippen molar-refractivity contribution in [3.05, 3.63) is 59.2 Å². The van der Waals surface area contributed by atoms with Crippen LogP contribution in [0.5, 0.6) is 5.75 Å². The number of methoxy groups -OCH3 is 1. The quantitative estimate of drug-likeness (QED) is 0.784. The number of carbonyl (C=O) groups excluding carboxylic acids is 2. The number of rotatable bonds is 7. The van der Waals surface area contributed by atoms with Crippen molar-refractivity contribution < 1.29 is 19.1 Å². The van der Waals surface area contributed by atoms with Crippen LogP contribution < -0.4 is 10.1 Å². The Kier molecular flexibility index (Phi) is 6.57. The van der Waals surface area contributed by atoms with Gasteiger partial charge >= 0.3 is 5.97 Å². The maximum atomic E-state index is 11.9. The van der Waals surface area contributed by atoms with Gasteiger partial charge in [0.05, 0.1) is 7.11 Å². The van der Waals surface area contributed by atoms with E-state index in [2.05, 4.69) is 5.32 Å². The molecule has 2 aromatic carbocycles. The van der Waals surface area contributed by atoms with Crippen LogP contribution in [0.2, 0.25) is 0 Å². The molecule has 2 rings (SSSR count). The number of para-hydroxylation sites is 1. The zero-order valence-corrected chi connectivity index (χ0v) is 14.8. The van der Waals surface area contributed by atoms with Gasteiger partial charge in [-0.2, -0.15) is 0 Å². The molecule has 0 atom stereocenters. The maximum absolute atomic E-state index is 11.9. The Morgan fingerprint density at radius 2 is 1.80 bits per heavy atom. The molecule has 5 nitrogen and oxygen atoms in total. The van der Waals surface area contributed by atoms with Crippen LogP contribution in [0.4, 0.5) is 5.69 Å². The lowest BCUT2D eigenvalue weighted by Crippen LogP contribution is -2.21. The fraction of sp³-hybridized carbons (Fsp3) is 0.300. The largest absolute Gasteiger partial charge is 0.496 e. The van der Waals surface area contributed by atoms with Crippen molar-refractivity contribution in [1.82, 2.24) is 0 Å². The molecule has 0 fully saturated rings. The summed E-state index contributed by atoms with van der Waals surface area (Å²) in [4.78, 5) is 23.7. The molecular formula is C20H23NO4. The van der Waals surface area contributed by atoms with Gasteiger partial charge in [0, 0.05) is 12.1 Å². The summed E-state index contributed by atoms with van der Waals surface area (Å²) in [6.45, 7) is 3.69. The predicted molar refractivity (Wildman–Crippen MR) is 96.8 cm³/mol. The third-order valence-electron chi connectivity index (χ3n) is 3.95. The van der Waals surface area contributed by atoms with E-state index in [9.17, 15) is 9.59 Å². The zero-order valence-electron chi connectivity index (χ0n) is 14.8. The Hall–Kier alpha value is -2.82. The summed E-state index contributed by atoms with van der Waals surface area (Å²) < 4.78 is 10.3. The lowest BCUT2D eigenvalue weighted by Gasteiger charge is -2.09. The molecule has 0 aliphatic carbocycles. The Morgan fingerprint density at radius 1 is 1.04 bits per heavy atom. The number of anilines is 1. The van der Waals surface area contributed by atoms with Crippen LogP contribution in [0.3, 0.4) is 0 Å². The van der Waals surface area contributed by atoms with Crippen molar-refractivity contribution in [1.29, 1.82) is 0 Å². The molecule has 0 aliphatic heterocycles. The highest BCUT2D eigenvalue weighted by Gasteiger charge is 2.10. The molecule has 1 N–H and O–H groups in total. The number of carbonyl (C=O) groups is 2. The van der Waals surface area contributed by atoms with E-state index >= 15 is 0 Å². The molecule has 0 saturated carbocycles. The summed E-state index contributed by atoms with van der Waals surface area (Å²) in [5.74, 6) is -0.0298. The first-order chi connectivity index (χ1) is 12.0. The summed E-state index contributed by atoms with van der Waals surface area (Å²) in [5, 5.41) is 2.72. The average Bonchev–Trinajstić information content (AvgIpc) is 2.61. The number of aryl methyl sites for hydroxylation is 3. The van der Waals surface area contributed by atoms with Crippen LogP contribution in [0.15, 0.2) is 42.5 Å². The monoisotopic (exact) mass is 341 g/mol. The number of esters is 1. The van der Waals surface area contributed by atoms with Gasteiger partial charge in [0.1, 0.15) is 5.75 Å². The highest BCUT2D eigenvalue weighted by Crippen LogP contribution is 2.19. The molecule has 132 valence electrons. The number of nitrogens with one attached hydrogen (secondary N) is 1. The Balaban J connectivity index is 1.77. The Morgan fingerprint density at radius 3 is 2.52 bits per heavy atom. The first-order valence-corrected chi connectivity index (χ1v) is 8.14. The highest BCUT2D eigenvalue weighted by atomic mass is 16.5. The smallest absolute Gasteiger partial charge is 0.306 e. The second-order valence-corrected chi connectivity index (χ2v) is 5.82. The summed E-state index contributed by atoms with van der Waals surface area (Å²) in [7, 11) is 1.59. The van der Waals surface area contributed by atoms with Crippen molar-refractivity contribution in [2.24, 2.45) is 0 Å². The summed E-state index contributed by atoms with van der Waals surface area (Å²) in [5.41, 5.74) is 3.87. The molecule has 0 saturated heterocycles. The topological polar surface area (TPSA) is 64.6 Å². The fourth-order valence-corrected chi connectivity index (χ4v) is 2.38. The number of hydrogen-bond donors (Lipinski definition) is 1. The molecule has 0 unspecified atom stereocenters. The van der Waals surface area contributed by atoms with Gasteiger partial charge in [-0.05, 0) is 55.2 Å². The van der Waals surface area contributed by atoms with Gasteiger partial charge in [0.25, 0.3) is 5.91 Å². The number of amides is 1. The molecule has 25 heavy (non-hydrogen) atoms. The maximum Gasteiger partial charge on any atom is 0.306 e. The molecular weight excluding hydrogens is 318 g/mol. The lowest BCUT2D eigenvalue weighted by atomic mass is 10.1. The third kappa shape index (κ3) is 5.64. The number of ether oxygens (including phenoxy) is 2. The molecule has 0 aliphatic rings. The van der Waals surface area contributed by atoms with Gasteiger partial charge in [-0.3, -0.25) is 9.59 Å². The van der Waals surface area contributed by atoms with Gasteiger partial charge < -0.3 is 14.8 Å². The minimum Gasteiger partial charge on any atom is -0.496 e. The van der Waals surface area contributed by atoms with Crippen LogP contribution in [-0.4, -0.2) is 25.6 Å². The molecule has 1 amide bonds. The summed E-state index contributed by atoms with van der Waals surface area (Å²) >= 11 is 0. The SMILES string of the molecule is COc1ccccc1CCC(=O)OCC(=O)Nc1ccc(C)c(C)c1. The first-order valence-electron chi connectivity index (χ1n) is 8.14. The van der Waals surface area contributed by atoms with Crippen LogP contribution in [0.1, 0.15) is 23.1 Å². The van der Waals surface area contributed by atoms with E-state index in [1.54, 1.807) is 7.11 Å². The predicted octanol–water partition coefficient (Wildman–Crippen LogP) is 3.43.